The largest absolute Gasteiger partial charge is 0.338 e. The molecule has 3 rings (SSSR count). The van der Waals surface area contributed by atoms with Crippen LogP contribution in [0.4, 0.5) is 4.79 Å². The van der Waals surface area contributed by atoms with E-state index in [0.29, 0.717) is 28.4 Å². The molecule has 146 valence electrons. The minimum Gasteiger partial charge on any atom is -0.338 e. The van der Waals surface area contributed by atoms with Gasteiger partial charge in [0, 0.05) is 13.1 Å². The molecule has 0 spiro atoms. The van der Waals surface area contributed by atoms with Crippen molar-refractivity contribution in [2.24, 2.45) is 0 Å². The van der Waals surface area contributed by atoms with Crippen molar-refractivity contribution in [2.45, 2.75) is 25.0 Å². The molecular weight excluding hydrogens is 380 g/mol. The van der Waals surface area contributed by atoms with E-state index in [-0.39, 0.29) is 17.9 Å². The van der Waals surface area contributed by atoms with Crippen molar-refractivity contribution in [3.8, 4) is 0 Å². The number of nitrogens with zero attached hydrogens (tertiary/aromatic N) is 4. The topological polar surface area (TPSA) is 110 Å². The summed E-state index contributed by atoms with van der Waals surface area (Å²) < 4.78 is 3.21. The first kappa shape index (κ1) is 19.6. The lowest BCUT2D eigenvalue weighted by molar-refractivity contribution is -0.117. The van der Waals surface area contributed by atoms with E-state index < -0.39 is 11.9 Å². The highest BCUT2D eigenvalue weighted by atomic mass is 32.2. The van der Waals surface area contributed by atoms with E-state index in [2.05, 4.69) is 27.4 Å². The fourth-order valence-electron chi connectivity index (χ4n) is 2.70. The summed E-state index contributed by atoms with van der Waals surface area (Å²) in [7, 11) is 0. The average Bonchev–Trinajstić information content (AvgIpc) is 3.12. The van der Waals surface area contributed by atoms with E-state index in [0.717, 1.165) is 18.2 Å². The normalized spacial score (nSPS) is 10.9. The summed E-state index contributed by atoms with van der Waals surface area (Å²) in [5.41, 5.74) is 0.466. The fraction of sp³-hybridized carbons (Fsp3) is 0.278. The van der Waals surface area contributed by atoms with Crippen molar-refractivity contribution in [1.82, 2.24) is 29.8 Å². The minimum absolute atomic E-state index is 0.0186. The Balaban J connectivity index is 1.91. The number of allylic oxidation sites excluding steroid dienone is 1. The van der Waals surface area contributed by atoms with Gasteiger partial charge in [-0.05, 0) is 18.6 Å². The van der Waals surface area contributed by atoms with E-state index in [1.54, 1.807) is 28.7 Å². The molecule has 0 fully saturated rings. The Bertz CT molecular complexity index is 1100. The van der Waals surface area contributed by atoms with Crippen LogP contribution in [0.5, 0.6) is 0 Å². The van der Waals surface area contributed by atoms with Crippen LogP contribution < -0.4 is 16.2 Å². The van der Waals surface area contributed by atoms with Gasteiger partial charge in [0.25, 0.3) is 5.56 Å². The lowest BCUT2D eigenvalue weighted by Gasteiger charge is -2.09. The van der Waals surface area contributed by atoms with E-state index in [1.165, 1.54) is 4.57 Å². The molecule has 0 aliphatic carbocycles. The van der Waals surface area contributed by atoms with Gasteiger partial charge in [-0.2, -0.15) is 0 Å². The van der Waals surface area contributed by atoms with E-state index in [4.69, 9.17) is 0 Å². The molecule has 0 aliphatic heterocycles. The zero-order valence-electron chi connectivity index (χ0n) is 15.3. The molecule has 0 aliphatic rings. The number of fused-ring (bicyclic) bond motifs is 3. The predicted molar refractivity (Wildman–Crippen MR) is 108 cm³/mol. The maximum absolute atomic E-state index is 12.7. The van der Waals surface area contributed by atoms with Gasteiger partial charge in [-0.3, -0.25) is 23.9 Å². The number of hydrogen-bond donors (Lipinski definition) is 2. The molecule has 3 aromatic rings. The zero-order chi connectivity index (χ0) is 20.1. The number of hydrogen-bond acceptors (Lipinski definition) is 6. The van der Waals surface area contributed by atoms with Crippen molar-refractivity contribution < 1.29 is 9.59 Å². The van der Waals surface area contributed by atoms with Gasteiger partial charge in [0.15, 0.2) is 5.16 Å². The first-order valence-corrected chi connectivity index (χ1v) is 9.73. The third kappa shape index (κ3) is 3.91. The summed E-state index contributed by atoms with van der Waals surface area (Å²) in [5.74, 6) is -0.0961. The number of thioether (sulfide) groups is 1. The van der Waals surface area contributed by atoms with E-state index in [1.807, 2.05) is 13.0 Å². The van der Waals surface area contributed by atoms with Crippen molar-refractivity contribution in [2.75, 3.05) is 12.3 Å². The monoisotopic (exact) mass is 400 g/mol. The molecular formula is C18H20N6O3S. The zero-order valence-corrected chi connectivity index (χ0v) is 16.2. The summed E-state index contributed by atoms with van der Waals surface area (Å²) >= 11 is 1.13. The van der Waals surface area contributed by atoms with Gasteiger partial charge < -0.3 is 5.32 Å². The number of carbonyl (C=O) groups is 2. The predicted octanol–water partition coefficient (Wildman–Crippen LogP) is 1.56. The lowest BCUT2D eigenvalue weighted by atomic mass is 10.2. The van der Waals surface area contributed by atoms with Gasteiger partial charge in [0.1, 0.15) is 0 Å². The maximum atomic E-state index is 12.7. The highest BCUT2D eigenvalue weighted by Gasteiger charge is 2.17. The summed E-state index contributed by atoms with van der Waals surface area (Å²) in [5, 5.41) is 14.1. The SMILES string of the molecule is C=CCn1c(=O)c2ccccc2n2c(SCC(=O)NC(=O)NCCC)nnc12. The second kappa shape index (κ2) is 8.70. The molecule has 0 unspecified atom stereocenters. The van der Waals surface area contributed by atoms with E-state index >= 15 is 0 Å². The molecule has 0 saturated carbocycles. The number of aromatic nitrogens is 4. The van der Waals surface area contributed by atoms with Crippen LogP contribution >= 0.6 is 11.8 Å². The van der Waals surface area contributed by atoms with Gasteiger partial charge in [-0.1, -0.05) is 36.9 Å². The maximum Gasteiger partial charge on any atom is 0.321 e. The highest BCUT2D eigenvalue weighted by molar-refractivity contribution is 7.99. The fourth-order valence-corrected chi connectivity index (χ4v) is 3.44. The number of carbonyl (C=O) groups excluding carboxylic acids is 2. The van der Waals surface area contributed by atoms with Crippen molar-refractivity contribution in [1.29, 1.82) is 0 Å². The molecule has 2 aromatic heterocycles. The number of urea groups is 1. The van der Waals surface area contributed by atoms with Crippen LogP contribution in [0.25, 0.3) is 16.7 Å². The van der Waals surface area contributed by atoms with Crippen molar-refractivity contribution in [3.05, 3.63) is 47.3 Å². The van der Waals surface area contributed by atoms with Crippen molar-refractivity contribution >= 4 is 40.4 Å². The Labute approximate surface area is 164 Å². The molecule has 3 amide bonds. The molecule has 0 radical (unpaired) electrons. The third-order valence-electron chi connectivity index (χ3n) is 3.91. The summed E-state index contributed by atoms with van der Waals surface area (Å²) in [4.78, 5) is 36.3. The molecule has 28 heavy (non-hydrogen) atoms. The first-order valence-electron chi connectivity index (χ1n) is 8.74. The summed E-state index contributed by atoms with van der Waals surface area (Å²) in [6.07, 6.45) is 2.39. The third-order valence-corrected chi connectivity index (χ3v) is 4.84. The van der Waals surface area contributed by atoms with Gasteiger partial charge in [0.2, 0.25) is 11.7 Å². The van der Waals surface area contributed by atoms with Gasteiger partial charge in [0.05, 0.1) is 16.7 Å². The van der Waals surface area contributed by atoms with E-state index in [9.17, 15) is 14.4 Å². The highest BCUT2D eigenvalue weighted by Crippen LogP contribution is 2.21. The van der Waals surface area contributed by atoms with Crippen LogP contribution in [-0.2, 0) is 11.3 Å². The van der Waals surface area contributed by atoms with Gasteiger partial charge in [-0.15, -0.1) is 16.8 Å². The van der Waals surface area contributed by atoms with Gasteiger partial charge >= 0.3 is 6.03 Å². The standard InChI is InChI=1S/C18H20N6O3S/c1-3-9-19-16(27)20-14(25)11-28-18-22-21-17-23(10-4-2)15(26)12-7-5-6-8-13(12)24(17)18/h4-8H,2-3,9-11H2,1H3,(H2,19,20,25,27). The summed E-state index contributed by atoms with van der Waals surface area (Å²) in [6, 6.07) is 6.61. The molecule has 9 nitrogen and oxygen atoms in total. The van der Waals surface area contributed by atoms with Crippen LogP contribution in [-0.4, -0.2) is 43.4 Å². The Morgan fingerprint density at radius 3 is 2.82 bits per heavy atom. The second-order valence-corrected chi connectivity index (χ2v) is 6.87. The molecule has 1 aromatic carbocycles. The lowest BCUT2D eigenvalue weighted by Crippen LogP contribution is -2.40. The Morgan fingerprint density at radius 2 is 2.07 bits per heavy atom. The quantitative estimate of drug-likeness (QED) is 0.460. The molecule has 0 saturated heterocycles. The number of amides is 3. The van der Waals surface area contributed by atoms with Gasteiger partial charge in [-0.25, -0.2) is 4.79 Å². The van der Waals surface area contributed by atoms with Crippen LogP contribution in [0.15, 0.2) is 46.9 Å². The summed E-state index contributed by atoms with van der Waals surface area (Å²) in [6.45, 7) is 6.39. The number of benzene rings is 1. The second-order valence-electron chi connectivity index (χ2n) is 5.93. The van der Waals surface area contributed by atoms with Crippen molar-refractivity contribution in [3.63, 3.8) is 0 Å². The smallest absolute Gasteiger partial charge is 0.321 e. The van der Waals surface area contributed by atoms with Crippen LogP contribution in [0.3, 0.4) is 0 Å². The van der Waals surface area contributed by atoms with Crippen LogP contribution in [0.1, 0.15) is 13.3 Å². The minimum atomic E-state index is -0.524. The molecule has 0 bridgehead atoms. The molecule has 10 heteroatoms. The first-order chi connectivity index (χ1) is 13.6. The Morgan fingerprint density at radius 1 is 1.29 bits per heavy atom. The molecule has 0 atom stereocenters. The number of rotatable bonds is 7. The molecule has 2 N–H and O–H groups in total. The van der Waals surface area contributed by atoms with Crippen LogP contribution in [0.2, 0.25) is 0 Å². The van der Waals surface area contributed by atoms with Crippen LogP contribution in [0, 0.1) is 0 Å². The average molecular weight is 400 g/mol. The number of imide groups is 1. The number of nitrogens with one attached hydrogen (secondary N) is 2. The Hall–Kier alpha value is -3.14. The Kier molecular flexibility index (Phi) is 6.09. The molecule has 2 heterocycles. The number of para-hydroxylation sites is 1.